The third-order valence-electron chi connectivity index (χ3n) is 6.05. The van der Waals surface area contributed by atoms with E-state index in [-0.39, 0.29) is 11.9 Å². The van der Waals surface area contributed by atoms with Crippen LogP contribution in [0.2, 0.25) is 0 Å². The Morgan fingerprint density at radius 2 is 1.77 bits per heavy atom. The molecule has 0 radical (unpaired) electrons. The second kappa shape index (κ2) is 8.01. The van der Waals surface area contributed by atoms with Crippen LogP contribution in [-0.2, 0) is 11.2 Å². The van der Waals surface area contributed by atoms with E-state index < -0.39 is 0 Å². The van der Waals surface area contributed by atoms with Gasteiger partial charge in [-0.3, -0.25) is 4.79 Å². The number of nitrogens with zero attached hydrogens (tertiary/aromatic N) is 5. The van der Waals surface area contributed by atoms with Crippen molar-refractivity contribution in [2.24, 2.45) is 0 Å². The number of aryl methyl sites for hydroxylation is 4. The predicted molar refractivity (Wildman–Crippen MR) is 117 cm³/mol. The quantitative estimate of drug-likeness (QED) is 0.658. The minimum atomic E-state index is 0.160. The summed E-state index contributed by atoms with van der Waals surface area (Å²) in [5, 5.41) is 4.65. The lowest BCUT2D eigenvalue weighted by Gasteiger charge is -2.26. The molecule has 156 valence electrons. The highest BCUT2D eigenvalue weighted by atomic mass is 16.2. The van der Waals surface area contributed by atoms with Crippen molar-refractivity contribution in [1.82, 2.24) is 24.6 Å². The number of benzene rings is 1. The molecule has 3 heterocycles. The smallest absolute Gasteiger partial charge is 0.251 e. The van der Waals surface area contributed by atoms with Gasteiger partial charge in [0.1, 0.15) is 0 Å². The number of hydrogen-bond donors (Lipinski definition) is 0. The molecule has 2 aromatic heterocycles. The largest absolute Gasteiger partial charge is 0.335 e. The summed E-state index contributed by atoms with van der Waals surface area (Å²) in [7, 11) is 0. The number of hydrogen-bond acceptors (Lipinski definition) is 4. The van der Waals surface area contributed by atoms with Gasteiger partial charge in [0, 0.05) is 29.2 Å². The first-order chi connectivity index (χ1) is 14.3. The number of likely N-dealkylation sites (tertiary alicyclic amines) is 1. The third kappa shape index (κ3) is 3.74. The van der Waals surface area contributed by atoms with Gasteiger partial charge in [0.15, 0.2) is 0 Å². The Hall–Kier alpha value is -3.02. The molecule has 1 fully saturated rings. The van der Waals surface area contributed by atoms with E-state index in [9.17, 15) is 4.79 Å². The summed E-state index contributed by atoms with van der Waals surface area (Å²) < 4.78 is 1.76. The van der Waals surface area contributed by atoms with Crippen LogP contribution in [0.3, 0.4) is 0 Å². The van der Waals surface area contributed by atoms with Gasteiger partial charge in [-0.15, -0.1) is 0 Å². The summed E-state index contributed by atoms with van der Waals surface area (Å²) in [6.45, 7) is 10.8. The fourth-order valence-electron chi connectivity index (χ4n) is 4.53. The minimum Gasteiger partial charge on any atom is -0.335 e. The molecule has 0 aliphatic carbocycles. The fourth-order valence-corrected chi connectivity index (χ4v) is 4.53. The molecule has 0 saturated carbocycles. The van der Waals surface area contributed by atoms with Crippen molar-refractivity contribution in [1.29, 1.82) is 0 Å². The van der Waals surface area contributed by atoms with Crippen LogP contribution in [0, 0.1) is 34.6 Å². The van der Waals surface area contributed by atoms with Gasteiger partial charge < -0.3 is 4.90 Å². The number of amides is 1. The maximum Gasteiger partial charge on any atom is 0.251 e. The van der Waals surface area contributed by atoms with Gasteiger partial charge in [-0.05, 0) is 64.7 Å². The molecule has 1 aliphatic rings. The van der Waals surface area contributed by atoms with E-state index >= 15 is 0 Å². The van der Waals surface area contributed by atoms with Crippen LogP contribution in [0.4, 0.5) is 0 Å². The average molecular weight is 404 g/mol. The monoisotopic (exact) mass is 403 g/mol. The first-order valence-corrected chi connectivity index (χ1v) is 10.6. The molecule has 1 aromatic carbocycles. The van der Waals surface area contributed by atoms with E-state index in [1.54, 1.807) is 4.68 Å². The Kier molecular flexibility index (Phi) is 5.41. The van der Waals surface area contributed by atoms with Gasteiger partial charge in [0.05, 0.1) is 18.2 Å². The van der Waals surface area contributed by atoms with Crippen molar-refractivity contribution in [2.75, 3.05) is 6.54 Å². The van der Waals surface area contributed by atoms with Crippen LogP contribution in [0.1, 0.15) is 58.3 Å². The van der Waals surface area contributed by atoms with Gasteiger partial charge in [-0.25, -0.2) is 14.6 Å². The Bertz CT molecular complexity index is 1080. The third-order valence-corrected chi connectivity index (χ3v) is 6.05. The number of aromatic nitrogens is 4. The van der Waals surface area contributed by atoms with Gasteiger partial charge in [-0.1, -0.05) is 24.3 Å². The van der Waals surface area contributed by atoms with Crippen molar-refractivity contribution in [3.8, 4) is 5.95 Å². The zero-order valence-corrected chi connectivity index (χ0v) is 18.4. The molecular weight excluding hydrogens is 374 g/mol. The molecule has 6 nitrogen and oxygen atoms in total. The summed E-state index contributed by atoms with van der Waals surface area (Å²) in [4.78, 5) is 24.4. The van der Waals surface area contributed by atoms with Crippen LogP contribution < -0.4 is 0 Å². The zero-order valence-electron chi connectivity index (χ0n) is 18.4. The van der Waals surface area contributed by atoms with Crippen LogP contribution in [0.25, 0.3) is 5.95 Å². The average Bonchev–Trinajstić information content (AvgIpc) is 3.28. The molecule has 1 atom stereocenters. The van der Waals surface area contributed by atoms with Gasteiger partial charge >= 0.3 is 0 Å². The Balaban J connectivity index is 1.61. The summed E-state index contributed by atoms with van der Waals surface area (Å²) in [6, 6.07) is 10.5. The standard InChI is InChI=1S/C24H29N5O/c1-15-9-6-7-10-20(15)22-11-8-12-28(22)23(30)14-21-18(4)27-29(19(21)5)24-25-16(2)13-17(3)26-24/h6-7,9-10,13,22H,8,11-12,14H2,1-5H3. The van der Waals surface area contributed by atoms with Gasteiger partial charge in [-0.2, -0.15) is 5.10 Å². The Morgan fingerprint density at radius 1 is 1.07 bits per heavy atom. The molecule has 0 bridgehead atoms. The van der Waals surface area contributed by atoms with Crippen LogP contribution >= 0.6 is 0 Å². The predicted octanol–water partition coefficient (Wildman–Crippen LogP) is 4.11. The van der Waals surface area contributed by atoms with Gasteiger partial charge in [0.2, 0.25) is 5.91 Å². The minimum absolute atomic E-state index is 0.160. The lowest BCUT2D eigenvalue weighted by molar-refractivity contribution is -0.131. The van der Waals surface area contributed by atoms with E-state index in [4.69, 9.17) is 0 Å². The van der Waals surface area contributed by atoms with Crippen molar-refractivity contribution >= 4 is 5.91 Å². The first kappa shape index (κ1) is 20.3. The SMILES string of the molecule is Cc1cc(C)nc(-n2nc(C)c(CC(=O)N3CCCC3c3ccccc3C)c2C)n1. The van der Waals surface area contributed by atoms with Crippen molar-refractivity contribution in [2.45, 2.75) is 59.9 Å². The fraction of sp³-hybridized carbons (Fsp3) is 0.417. The Morgan fingerprint density at radius 3 is 2.47 bits per heavy atom. The maximum atomic E-state index is 13.3. The zero-order chi connectivity index (χ0) is 21.4. The molecule has 6 heteroatoms. The van der Waals surface area contributed by atoms with Gasteiger partial charge in [0.25, 0.3) is 5.95 Å². The first-order valence-electron chi connectivity index (χ1n) is 10.6. The normalized spacial score (nSPS) is 16.3. The van der Waals surface area contributed by atoms with E-state index in [0.717, 1.165) is 47.7 Å². The molecular formula is C24H29N5O. The number of carbonyl (C=O) groups is 1. The molecule has 0 spiro atoms. The van der Waals surface area contributed by atoms with Crippen LogP contribution in [0.15, 0.2) is 30.3 Å². The molecule has 1 amide bonds. The van der Waals surface area contributed by atoms with E-state index in [1.807, 2.05) is 38.7 Å². The molecule has 1 aliphatic heterocycles. The molecule has 3 aromatic rings. The Labute approximate surface area is 178 Å². The van der Waals surface area contributed by atoms with Crippen molar-refractivity contribution in [3.05, 3.63) is 69.8 Å². The molecule has 30 heavy (non-hydrogen) atoms. The molecule has 4 rings (SSSR count). The van der Waals surface area contributed by atoms with Crippen molar-refractivity contribution < 1.29 is 4.79 Å². The number of rotatable bonds is 4. The summed E-state index contributed by atoms with van der Waals surface area (Å²) in [5.41, 5.74) is 7.07. The summed E-state index contributed by atoms with van der Waals surface area (Å²) in [6.07, 6.45) is 2.41. The lowest BCUT2D eigenvalue weighted by atomic mass is 9.99. The molecule has 0 N–H and O–H groups in total. The van der Waals surface area contributed by atoms with Crippen LogP contribution in [0.5, 0.6) is 0 Å². The highest BCUT2D eigenvalue weighted by Crippen LogP contribution is 2.34. The summed E-state index contributed by atoms with van der Waals surface area (Å²) >= 11 is 0. The lowest BCUT2D eigenvalue weighted by Crippen LogP contribution is -2.32. The summed E-state index contributed by atoms with van der Waals surface area (Å²) in [5.74, 6) is 0.721. The topological polar surface area (TPSA) is 63.9 Å². The second-order valence-corrected chi connectivity index (χ2v) is 8.29. The molecule has 1 unspecified atom stereocenters. The van der Waals surface area contributed by atoms with Crippen LogP contribution in [-0.4, -0.2) is 37.1 Å². The highest BCUT2D eigenvalue weighted by Gasteiger charge is 2.31. The highest BCUT2D eigenvalue weighted by molar-refractivity contribution is 5.80. The molecule has 1 saturated heterocycles. The van der Waals surface area contributed by atoms with E-state index in [0.29, 0.717) is 12.4 Å². The maximum absolute atomic E-state index is 13.3. The van der Waals surface area contributed by atoms with E-state index in [2.05, 4.69) is 46.3 Å². The number of carbonyl (C=O) groups excluding carboxylic acids is 1. The van der Waals surface area contributed by atoms with Crippen molar-refractivity contribution in [3.63, 3.8) is 0 Å². The second-order valence-electron chi connectivity index (χ2n) is 8.29. The van der Waals surface area contributed by atoms with E-state index in [1.165, 1.54) is 11.1 Å².